The fourth-order valence-corrected chi connectivity index (χ4v) is 3.18. The minimum Gasteiger partial charge on any atom is -0.872 e. The van der Waals surface area contributed by atoms with E-state index < -0.39 is 5.91 Å². The van der Waals surface area contributed by atoms with E-state index in [4.69, 9.17) is 12.2 Å². The van der Waals surface area contributed by atoms with E-state index >= 15 is 0 Å². The minimum atomic E-state index is -0.497. The van der Waals surface area contributed by atoms with Crippen LogP contribution in [0.15, 0.2) is 54.6 Å². The molecule has 0 radical (unpaired) electrons. The number of amides is 1. The van der Waals surface area contributed by atoms with Gasteiger partial charge in [0, 0.05) is 11.3 Å². The summed E-state index contributed by atoms with van der Waals surface area (Å²) in [7, 11) is 0. The van der Waals surface area contributed by atoms with E-state index in [1.807, 2.05) is 30.3 Å². The standard InChI is InChI=1S/C15H14N2O2S2.C6H15N/c18-13-9-5-4-8-12(13)14(19)16-17-15(20)21-10-11-6-2-1-3-7-11;1-4-7(5-2)6-3/h1-9,18H,10H2,(H,16,19)(H,17,20);4-6H2,1-3H3. The number of hydrogen-bond donors (Lipinski definition) is 3. The first kappa shape index (κ1) is 23.9. The quantitative estimate of drug-likeness (QED) is 0.494. The number of carbonyl (C=O) groups is 1. The summed E-state index contributed by atoms with van der Waals surface area (Å²) in [5, 5.41) is 11.5. The molecule has 3 N–H and O–H groups in total. The highest BCUT2D eigenvalue weighted by molar-refractivity contribution is 8.22. The Morgan fingerprint density at radius 2 is 1.54 bits per heavy atom. The van der Waals surface area contributed by atoms with Crippen LogP contribution in [0, 0.1) is 0 Å². The molecule has 0 unspecified atom stereocenters. The number of hydrazine groups is 1. The SMILES string of the molecule is CC[NH+](CC)CC.O=C(NNC(=S)SCc1ccccc1)c1ccccc1[O-]. The van der Waals surface area contributed by atoms with Crippen LogP contribution < -0.4 is 20.9 Å². The average Bonchev–Trinajstić information content (AvgIpc) is 2.73. The van der Waals surface area contributed by atoms with Gasteiger partial charge >= 0.3 is 0 Å². The lowest BCUT2D eigenvalue weighted by Crippen LogP contribution is -3.11. The van der Waals surface area contributed by atoms with E-state index in [0.29, 0.717) is 10.1 Å². The minimum absolute atomic E-state index is 0.0841. The molecule has 2 rings (SSSR count). The van der Waals surface area contributed by atoms with E-state index in [0.717, 1.165) is 5.56 Å². The normalized spacial score (nSPS) is 10.0. The predicted octanol–water partition coefficient (Wildman–Crippen LogP) is 2.14. The number of para-hydroxylation sites is 1. The van der Waals surface area contributed by atoms with Crippen LogP contribution in [-0.2, 0) is 5.75 Å². The van der Waals surface area contributed by atoms with Gasteiger partial charge in [0.05, 0.1) is 19.6 Å². The number of hydrogen-bond acceptors (Lipinski definition) is 4. The van der Waals surface area contributed by atoms with Crippen molar-refractivity contribution >= 4 is 34.2 Å². The summed E-state index contributed by atoms with van der Waals surface area (Å²) in [5.74, 6) is -0.108. The van der Waals surface area contributed by atoms with Gasteiger partial charge in [-0.05, 0) is 26.3 Å². The number of carbonyl (C=O) groups excluding carboxylic acids is 1. The molecule has 152 valence electrons. The third kappa shape index (κ3) is 9.21. The van der Waals surface area contributed by atoms with Gasteiger partial charge in [-0.2, -0.15) is 0 Å². The Morgan fingerprint density at radius 3 is 2.07 bits per heavy atom. The van der Waals surface area contributed by atoms with Crippen LogP contribution in [0.5, 0.6) is 5.75 Å². The summed E-state index contributed by atoms with van der Waals surface area (Å²) in [6, 6.07) is 15.9. The number of rotatable bonds is 6. The van der Waals surface area contributed by atoms with Crippen LogP contribution in [-0.4, -0.2) is 29.9 Å². The van der Waals surface area contributed by atoms with Crippen LogP contribution in [0.4, 0.5) is 0 Å². The molecule has 0 aliphatic carbocycles. The lowest BCUT2D eigenvalue weighted by Gasteiger charge is -2.14. The second-order valence-corrected chi connectivity index (χ2v) is 7.60. The molecule has 0 saturated heterocycles. The highest BCUT2D eigenvalue weighted by atomic mass is 32.2. The van der Waals surface area contributed by atoms with Crippen molar-refractivity contribution < 1.29 is 14.8 Å². The lowest BCUT2D eigenvalue weighted by atomic mass is 10.2. The van der Waals surface area contributed by atoms with Crippen molar-refractivity contribution in [2.24, 2.45) is 0 Å². The van der Waals surface area contributed by atoms with E-state index in [2.05, 4.69) is 31.6 Å². The van der Waals surface area contributed by atoms with Crippen molar-refractivity contribution in [1.29, 1.82) is 0 Å². The van der Waals surface area contributed by atoms with Crippen molar-refractivity contribution in [1.82, 2.24) is 10.9 Å². The maximum Gasteiger partial charge on any atom is 0.269 e. The van der Waals surface area contributed by atoms with Gasteiger partial charge in [0.15, 0.2) is 4.32 Å². The maximum absolute atomic E-state index is 11.8. The van der Waals surface area contributed by atoms with Gasteiger partial charge in [-0.15, -0.1) is 0 Å². The van der Waals surface area contributed by atoms with Gasteiger partial charge in [-0.1, -0.05) is 84.3 Å². The summed E-state index contributed by atoms with van der Waals surface area (Å²) in [6.45, 7) is 10.5. The first-order valence-electron chi connectivity index (χ1n) is 9.38. The third-order valence-corrected chi connectivity index (χ3v) is 5.42. The summed E-state index contributed by atoms with van der Waals surface area (Å²) >= 11 is 6.51. The van der Waals surface area contributed by atoms with Crippen LogP contribution in [0.1, 0.15) is 36.7 Å². The summed E-state index contributed by atoms with van der Waals surface area (Å²) < 4.78 is 0.440. The topological polar surface area (TPSA) is 68.6 Å². The highest BCUT2D eigenvalue weighted by Gasteiger charge is 2.06. The predicted molar refractivity (Wildman–Crippen MR) is 119 cm³/mol. The van der Waals surface area contributed by atoms with E-state index in [1.54, 1.807) is 17.0 Å². The van der Waals surface area contributed by atoms with Crippen molar-refractivity contribution in [3.8, 4) is 5.75 Å². The molecule has 28 heavy (non-hydrogen) atoms. The van der Waals surface area contributed by atoms with Gasteiger partial charge in [0.25, 0.3) is 5.91 Å². The number of nitrogens with one attached hydrogen (secondary N) is 3. The molecule has 2 aromatic carbocycles. The molecule has 0 bridgehead atoms. The molecule has 0 fully saturated rings. The van der Waals surface area contributed by atoms with Crippen molar-refractivity contribution in [2.75, 3.05) is 19.6 Å². The summed E-state index contributed by atoms with van der Waals surface area (Å²) in [4.78, 5) is 13.5. The number of benzene rings is 2. The highest BCUT2D eigenvalue weighted by Crippen LogP contribution is 2.13. The third-order valence-electron chi connectivity index (χ3n) is 4.12. The first-order valence-corrected chi connectivity index (χ1v) is 10.8. The number of quaternary nitrogens is 1. The Balaban J connectivity index is 0.000000480. The Hall–Kier alpha value is -2.09. The van der Waals surface area contributed by atoms with Crippen molar-refractivity contribution in [2.45, 2.75) is 26.5 Å². The van der Waals surface area contributed by atoms with Crippen LogP contribution in [0.2, 0.25) is 0 Å². The van der Waals surface area contributed by atoms with Crippen LogP contribution in [0.3, 0.4) is 0 Å². The Kier molecular flexibility index (Phi) is 12.0. The zero-order valence-electron chi connectivity index (χ0n) is 16.7. The smallest absolute Gasteiger partial charge is 0.269 e. The molecule has 7 heteroatoms. The van der Waals surface area contributed by atoms with Gasteiger partial charge in [0.2, 0.25) is 0 Å². The van der Waals surface area contributed by atoms with E-state index in [9.17, 15) is 9.90 Å². The Morgan fingerprint density at radius 1 is 0.964 bits per heavy atom. The van der Waals surface area contributed by atoms with Crippen LogP contribution >= 0.6 is 24.0 Å². The fraction of sp³-hybridized carbons (Fsp3) is 0.333. The molecule has 0 spiro atoms. The van der Waals surface area contributed by atoms with Gasteiger partial charge < -0.3 is 10.0 Å². The second-order valence-electron chi connectivity index (χ2n) is 5.95. The fourth-order valence-electron chi connectivity index (χ4n) is 2.34. The zero-order chi connectivity index (χ0) is 20.8. The number of thiocarbonyl (C=S) groups is 1. The number of thioether (sulfide) groups is 1. The second kappa shape index (κ2) is 14.0. The van der Waals surface area contributed by atoms with Gasteiger partial charge in [0.1, 0.15) is 0 Å². The molecule has 0 saturated carbocycles. The molecule has 2 aromatic rings. The largest absolute Gasteiger partial charge is 0.872 e. The molecule has 0 aliphatic heterocycles. The molecule has 0 atom stereocenters. The summed E-state index contributed by atoms with van der Waals surface area (Å²) in [5.41, 5.74) is 6.28. The Labute approximate surface area is 177 Å². The molecule has 1 amide bonds. The molecular weight excluding hydrogens is 390 g/mol. The van der Waals surface area contributed by atoms with Crippen molar-refractivity contribution in [3.63, 3.8) is 0 Å². The zero-order valence-corrected chi connectivity index (χ0v) is 18.3. The van der Waals surface area contributed by atoms with Gasteiger partial charge in [-0.25, -0.2) is 0 Å². The summed E-state index contributed by atoms with van der Waals surface area (Å²) in [6.07, 6.45) is 0. The van der Waals surface area contributed by atoms with Crippen molar-refractivity contribution in [3.05, 3.63) is 65.7 Å². The van der Waals surface area contributed by atoms with E-state index in [-0.39, 0.29) is 11.3 Å². The molecule has 5 nitrogen and oxygen atoms in total. The maximum atomic E-state index is 11.8. The molecule has 0 aromatic heterocycles. The Bertz CT molecular complexity index is 717. The van der Waals surface area contributed by atoms with Gasteiger partial charge in [-0.3, -0.25) is 15.6 Å². The first-order chi connectivity index (χ1) is 13.5. The van der Waals surface area contributed by atoms with Crippen LogP contribution in [0.25, 0.3) is 0 Å². The van der Waals surface area contributed by atoms with E-state index in [1.165, 1.54) is 43.5 Å². The lowest BCUT2D eigenvalue weighted by molar-refractivity contribution is -0.894. The molecular formula is C21H29N3O2S2. The molecule has 0 aliphatic rings. The molecule has 0 heterocycles. The monoisotopic (exact) mass is 419 g/mol. The average molecular weight is 420 g/mol.